The zero-order valence-corrected chi connectivity index (χ0v) is 10.8. The van der Waals surface area contributed by atoms with E-state index in [4.69, 9.17) is 9.47 Å². The second kappa shape index (κ2) is 4.81. The fourth-order valence-corrected chi connectivity index (χ4v) is 2.19. The van der Waals surface area contributed by atoms with Gasteiger partial charge in [-0.25, -0.2) is 0 Å². The summed E-state index contributed by atoms with van der Waals surface area (Å²) >= 11 is 0. The number of para-hydroxylation sites is 1. The molecule has 2 aromatic carbocycles. The largest absolute Gasteiger partial charge is 0.497 e. The second-order valence-electron chi connectivity index (χ2n) is 4.46. The van der Waals surface area contributed by atoms with Gasteiger partial charge in [0.05, 0.1) is 12.7 Å². The summed E-state index contributed by atoms with van der Waals surface area (Å²) in [6.07, 6.45) is -0.886. The van der Waals surface area contributed by atoms with E-state index in [1.165, 1.54) is 0 Å². The Hall–Kier alpha value is -2.62. The van der Waals surface area contributed by atoms with Crippen molar-refractivity contribution < 1.29 is 19.1 Å². The summed E-state index contributed by atoms with van der Waals surface area (Å²) in [4.78, 5) is 24.2. The van der Waals surface area contributed by atoms with Crippen molar-refractivity contribution >= 4 is 11.6 Å². The fourth-order valence-electron chi connectivity index (χ4n) is 2.19. The van der Waals surface area contributed by atoms with Gasteiger partial charge in [0.1, 0.15) is 11.5 Å². The van der Waals surface area contributed by atoms with Crippen molar-refractivity contribution in [2.45, 2.75) is 6.10 Å². The molecule has 1 atom stereocenters. The van der Waals surface area contributed by atoms with Gasteiger partial charge in [0.15, 0.2) is 6.10 Å². The van der Waals surface area contributed by atoms with Crippen molar-refractivity contribution in [3.8, 4) is 11.5 Å². The van der Waals surface area contributed by atoms with E-state index < -0.39 is 17.7 Å². The van der Waals surface area contributed by atoms with Gasteiger partial charge in [-0.3, -0.25) is 9.59 Å². The Morgan fingerprint density at radius 1 is 1.00 bits per heavy atom. The molecule has 0 spiro atoms. The lowest BCUT2D eigenvalue weighted by atomic mass is 9.95. The van der Waals surface area contributed by atoms with Crippen LogP contribution in [-0.4, -0.2) is 18.7 Å². The topological polar surface area (TPSA) is 52.6 Å². The van der Waals surface area contributed by atoms with Gasteiger partial charge in [-0.1, -0.05) is 24.3 Å². The summed E-state index contributed by atoms with van der Waals surface area (Å²) in [6.45, 7) is 0. The third-order valence-electron chi connectivity index (χ3n) is 3.26. The number of carbonyl (C=O) groups excluding carboxylic acids is 2. The summed E-state index contributed by atoms with van der Waals surface area (Å²) < 4.78 is 10.7. The number of benzene rings is 2. The summed E-state index contributed by atoms with van der Waals surface area (Å²) in [5.74, 6) is 0.0724. The molecular formula is C16H12O4. The molecule has 0 N–H and O–H groups in total. The number of ether oxygens (including phenoxy) is 2. The predicted molar refractivity (Wildman–Crippen MR) is 72.1 cm³/mol. The maximum atomic E-state index is 12.1. The van der Waals surface area contributed by atoms with Crippen LogP contribution in [0.4, 0.5) is 0 Å². The Kier molecular flexibility index (Phi) is 2.99. The summed E-state index contributed by atoms with van der Waals surface area (Å²) in [5.41, 5.74) is 0.959. The Morgan fingerprint density at radius 3 is 2.40 bits per heavy atom. The van der Waals surface area contributed by atoms with E-state index in [0.717, 1.165) is 0 Å². The van der Waals surface area contributed by atoms with Gasteiger partial charge in [-0.2, -0.15) is 0 Å². The molecule has 0 saturated heterocycles. The number of methoxy groups -OCH3 is 1. The molecule has 0 radical (unpaired) electrons. The monoisotopic (exact) mass is 268 g/mol. The van der Waals surface area contributed by atoms with E-state index in [9.17, 15) is 9.59 Å². The molecule has 0 fully saturated rings. The molecule has 0 aliphatic carbocycles. The highest BCUT2D eigenvalue weighted by molar-refractivity contribution is 6.46. The second-order valence-corrected chi connectivity index (χ2v) is 4.46. The van der Waals surface area contributed by atoms with E-state index in [1.54, 1.807) is 55.6 Å². The highest BCUT2D eigenvalue weighted by Gasteiger charge is 2.36. The summed E-state index contributed by atoms with van der Waals surface area (Å²) in [6, 6.07) is 13.7. The van der Waals surface area contributed by atoms with Crippen LogP contribution >= 0.6 is 0 Å². The zero-order chi connectivity index (χ0) is 14.1. The lowest BCUT2D eigenvalue weighted by molar-refractivity contribution is -0.122. The Balaban J connectivity index is 1.99. The zero-order valence-electron chi connectivity index (χ0n) is 10.8. The highest BCUT2D eigenvalue weighted by atomic mass is 16.5. The van der Waals surface area contributed by atoms with E-state index in [2.05, 4.69) is 0 Å². The molecule has 4 heteroatoms. The Morgan fingerprint density at radius 2 is 1.70 bits per heavy atom. The number of Topliss-reactive ketones (excluding diaryl/α,β-unsaturated/α-hetero) is 2. The third kappa shape index (κ3) is 1.95. The van der Waals surface area contributed by atoms with E-state index in [0.29, 0.717) is 22.6 Å². The maximum Gasteiger partial charge on any atom is 0.248 e. The van der Waals surface area contributed by atoms with Crippen molar-refractivity contribution in [3.63, 3.8) is 0 Å². The maximum absolute atomic E-state index is 12.1. The molecule has 0 saturated carbocycles. The number of hydrogen-bond donors (Lipinski definition) is 0. The molecule has 3 rings (SSSR count). The minimum Gasteiger partial charge on any atom is -0.497 e. The van der Waals surface area contributed by atoms with E-state index in [-0.39, 0.29) is 0 Å². The molecule has 1 aliphatic rings. The first-order valence-corrected chi connectivity index (χ1v) is 6.19. The highest BCUT2D eigenvalue weighted by Crippen LogP contribution is 2.33. The molecule has 2 aromatic rings. The lowest BCUT2D eigenvalue weighted by Crippen LogP contribution is -2.31. The molecule has 1 heterocycles. The summed E-state index contributed by atoms with van der Waals surface area (Å²) in [5, 5.41) is 0. The van der Waals surface area contributed by atoms with Gasteiger partial charge in [-0.15, -0.1) is 0 Å². The SMILES string of the molecule is COc1ccc([C@H]2Oc3ccccc3C(=O)C2=O)cc1. The average molecular weight is 268 g/mol. The first-order chi connectivity index (χ1) is 9.70. The molecule has 0 amide bonds. The normalized spacial score (nSPS) is 17.4. The Labute approximate surface area is 115 Å². The van der Waals surface area contributed by atoms with E-state index >= 15 is 0 Å². The van der Waals surface area contributed by atoms with Crippen molar-refractivity contribution in [1.29, 1.82) is 0 Å². The van der Waals surface area contributed by atoms with Crippen LogP contribution < -0.4 is 9.47 Å². The van der Waals surface area contributed by atoms with Gasteiger partial charge in [0.2, 0.25) is 11.6 Å². The van der Waals surface area contributed by atoms with E-state index in [1.807, 2.05) is 0 Å². The smallest absolute Gasteiger partial charge is 0.248 e. The van der Waals surface area contributed by atoms with Crippen molar-refractivity contribution in [1.82, 2.24) is 0 Å². The lowest BCUT2D eigenvalue weighted by Gasteiger charge is -2.24. The van der Waals surface area contributed by atoms with Crippen LogP contribution in [0.1, 0.15) is 22.0 Å². The van der Waals surface area contributed by atoms with Crippen molar-refractivity contribution in [2.24, 2.45) is 0 Å². The molecule has 100 valence electrons. The van der Waals surface area contributed by atoms with Crippen LogP contribution in [0.5, 0.6) is 11.5 Å². The first kappa shape index (κ1) is 12.4. The van der Waals surface area contributed by atoms with Crippen LogP contribution in [0, 0.1) is 0 Å². The predicted octanol–water partition coefficient (Wildman–Crippen LogP) is 2.58. The van der Waals surface area contributed by atoms with Crippen molar-refractivity contribution in [3.05, 3.63) is 59.7 Å². The Bertz CT molecular complexity index is 673. The van der Waals surface area contributed by atoms with Gasteiger partial charge in [0, 0.05) is 5.56 Å². The van der Waals surface area contributed by atoms with Gasteiger partial charge < -0.3 is 9.47 Å². The standard InChI is InChI=1S/C16H12O4/c1-19-11-8-6-10(7-9-11)16-15(18)14(17)12-4-2-3-5-13(12)20-16/h2-9,16H,1H3/t16-/m1/s1. The molecular weight excluding hydrogens is 256 g/mol. The van der Waals surface area contributed by atoms with Crippen LogP contribution in [-0.2, 0) is 4.79 Å². The number of rotatable bonds is 2. The fraction of sp³-hybridized carbons (Fsp3) is 0.125. The van der Waals surface area contributed by atoms with Crippen LogP contribution in [0.25, 0.3) is 0 Å². The number of carbonyl (C=O) groups is 2. The number of ketones is 2. The number of hydrogen-bond acceptors (Lipinski definition) is 4. The minimum absolute atomic E-state index is 0.322. The van der Waals surface area contributed by atoms with Crippen LogP contribution in [0.3, 0.4) is 0 Å². The first-order valence-electron chi connectivity index (χ1n) is 6.19. The number of fused-ring (bicyclic) bond motifs is 1. The molecule has 0 bridgehead atoms. The molecule has 0 unspecified atom stereocenters. The molecule has 1 aliphatic heterocycles. The van der Waals surface area contributed by atoms with Crippen LogP contribution in [0.2, 0.25) is 0 Å². The summed E-state index contributed by atoms with van der Waals surface area (Å²) in [7, 11) is 1.57. The van der Waals surface area contributed by atoms with Crippen LogP contribution in [0.15, 0.2) is 48.5 Å². The molecule has 20 heavy (non-hydrogen) atoms. The average Bonchev–Trinajstić information content (AvgIpc) is 2.51. The molecule has 0 aromatic heterocycles. The van der Waals surface area contributed by atoms with Gasteiger partial charge in [-0.05, 0) is 24.3 Å². The minimum atomic E-state index is -0.886. The van der Waals surface area contributed by atoms with Crippen molar-refractivity contribution in [2.75, 3.05) is 7.11 Å². The quantitative estimate of drug-likeness (QED) is 0.785. The molecule has 4 nitrogen and oxygen atoms in total. The van der Waals surface area contributed by atoms with Gasteiger partial charge in [0.25, 0.3) is 0 Å². The third-order valence-corrected chi connectivity index (χ3v) is 3.26. The van der Waals surface area contributed by atoms with Gasteiger partial charge >= 0.3 is 0 Å².